The second-order valence-electron chi connectivity index (χ2n) is 4.41. The van der Waals surface area contributed by atoms with E-state index in [0.29, 0.717) is 0 Å². The molecule has 0 saturated carbocycles. The molecule has 0 radical (unpaired) electrons. The lowest BCUT2D eigenvalue weighted by Gasteiger charge is -2.25. The third kappa shape index (κ3) is 1.69. The zero-order chi connectivity index (χ0) is 10.0. The first-order chi connectivity index (χ1) is 6.74. The van der Waals surface area contributed by atoms with Crippen molar-refractivity contribution in [1.29, 1.82) is 0 Å². The summed E-state index contributed by atoms with van der Waals surface area (Å²) in [7, 11) is 0. The van der Waals surface area contributed by atoms with E-state index in [-0.39, 0.29) is 5.54 Å². The first-order valence-electron chi connectivity index (χ1n) is 5.59. The van der Waals surface area contributed by atoms with Crippen molar-refractivity contribution >= 4 is 0 Å². The molecule has 1 aliphatic heterocycles. The number of benzene rings is 1. The summed E-state index contributed by atoms with van der Waals surface area (Å²) in [4.78, 5) is 0. The molecule has 0 amide bonds. The highest BCUT2D eigenvalue weighted by Gasteiger charge is 2.29. The van der Waals surface area contributed by atoms with Crippen LogP contribution in [0.4, 0.5) is 0 Å². The second kappa shape index (κ2) is 3.74. The summed E-state index contributed by atoms with van der Waals surface area (Å²) in [5.41, 5.74) is 3.09. The fraction of sp³-hybridized carbons (Fsp3) is 0.538. The highest BCUT2D eigenvalue weighted by atomic mass is 15.0. The molecule has 0 aromatic heterocycles. The van der Waals surface area contributed by atoms with Crippen molar-refractivity contribution in [2.75, 3.05) is 6.54 Å². The van der Waals surface area contributed by atoms with Gasteiger partial charge in [0.2, 0.25) is 0 Å². The highest BCUT2D eigenvalue weighted by molar-refractivity contribution is 5.28. The predicted octanol–water partition coefficient (Wildman–Crippen LogP) is 2.85. The van der Waals surface area contributed by atoms with E-state index >= 15 is 0 Å². The van der Waals surface area contributed by atoms with E-state index in [1.807, 2.05) is 0 Å². The Labute approximate surface area is 86.5 Å². The van der Waals surface area contributed by atoms with E-state index in [1.165, 1.54) is 24.0 Å². The molecule has 1 heteroatoms. The van der Waals surface area contributed by atoms with Gasteiger partial charge in [-0.1, -0.05) is 31.2 Å². The first kappa shape index (κ1) is 9.72. The van der Waals surface area contributed by atoms with E-state index in [9.17, 15) is 0 Å². The van der Waals surface area contributed by atoms with Gasteiger partial charge in [0, 0.05) is 5.54 Å². The predicted molar refractivity (Wildman–Crippen MR) is 60.4 cm³/mol. The van der Waals surface area contributed by atoms with Gasteiger partial charge in [0.1, 0.15) is 0 Å². The topological polar surface area (TPSA) is 12.0 Å². The van der Waals surface area contributed by atoms with E-state index in [4.69, 9.17) is 0 Å². The molecule has 1 unspecified atom stereocenters. The minimum Gasteiger partial charge on any atom is -0.308 e. The van der Waals surface area contributed by atoms with Crippen LogP contribution in [-0.4, -0.2) is 6.54 Å². The van der Waals surface area contributed by atoms with Crippen LogP contribution in [0.2, 0.25) is 0 Å². The van der Waals surface area contributed by atoms with Crippen LogP contribution in [0.25, 0.3) is 0 Å². The molecule has 0 spiro atoms. The molecule has 14 heavy (non-hydrogen) atoms. The summed E-state index contributed by atoms with van der Waals surface area (Å²) in [6.45, 7) is 5.66. The largest absolute Gasteiger partial charge is 0.308 e. The van der Waals surface area contributed by atoms with Crippen LogP contribution >= 0.6 is 0 Å². The smallest absolute Gasteiger partial charge is 0.0406 e. The molecule has 1 nitrogen and oxygen atoms in total. The zero-order valence-corrected chi connectivity index (χ0v) is 9.14. The lowest BCUT2D eigenvalue weighted by molar-refractivity contribution is 0.434. The quantitative estimate of drug-likeness (QED) is 0.754. The average Bonchev–Trinajstić information content (AvgIpc) is 2.67. The van der Waals surface area contributed by atoms with Crippen LogP contribution in [0.1, 0.15) is 37.8 Å². The zero-order valence-electron chi connectivity index (χ0n) is 9.14. The molecule has 2 rings (SSSR count). The van der Waals surface area contributed by atoms with Gasteiger partial charge in [-0.25, -0.2) is 0 Å². The van der Waals surface area contributed by atoms with Crippen LogP contribution in [0.3, 0.4) is 0 Å². The van der Waals surface area contributed by atoms with Crippen molar-refractivity contribution in [3.63, 3.8) is 0 Å². The minimum atomic E-state index is 0.228. The molecule has 1 atom stereocenters. The molecule has 76 valence electrons. The van der Waals surface area contributed by atoms with Crippen molar-refractivity contribution in [3.05, 3.63) is 35.4 Å². The molecule has 1 aliphatic rings. The Morgan fingerprint density at radius 2 is 2.00 bits per heavy atom. The molecule has 1 fully saturated rings. The fourth-order valence-corrected chi connectivity index (χ4v) is 2.25. The molecule has 1 aromatic rings. The van der Waals surface area contributed by atoms with Crippen molar-refractivity contribution in [2.45, 2.75) is 38.6 Å². The summed E-state index contributed by atoms with van der Waals surface area (Å²) in [6.07, 6.45) is 3.69. The maximum atomic E-state index is 3.59. The first-order valence-corrected chi connectivity index (χ1v) is 5.59. The summed E-state index contributed by atoms with van der Waals surface area (Å²) < 4.78 is 0. The second-order valence-corrected chi connectivity index (χ2v) is 4.41. The van der Waals surface area contributed by atoms with Gasteiger partial charge in [-0.15, -0.1) is 0 Å². The molecule has 1 heterocycles. The molecule has 1 aromatic carbocycles. The monoisotopic (exact) mass is 189 g/mol. The van der Waals surface area contributed by atoms with E-state index < -0.39 is 0 Å². The molecule has 1 saturated heterocycles. The Balaban J connectivity index is 2.23. The number of hydrogen-bond donors (Lipinski definition) is 1. The molecule has 1 N–H and O–H groups in total. The lowest BCUT2D eigenvalue weighted by Crippen LogP contribution is -2.32. The van der Waals surface area contributed by atoms with Gasteiger partial charge in [0.15, 0.2) is 0 Å². The molecular formula is C13H19N. The van der Waals surface area contributed by atoms with Gasteiger partial charge in [-0.3, -0.25) is 0 Å². The fourth-order valence-electron chi connectivity index (χ4n) is 2.25. The average molecular weight is 189 g/mol. The Kier molecular flexibility index (Phi) is 2.60. The minimum absolute atomic E-state index is 0.228. The molecule has 0 aliphatic carbocycles. The van der Waals surface area contributed by atoms with Gasteiger partial charge in [0.05, 0.1) is 0 Å². The van der Waals surface area contributed by atoms with Gasteiger partial charge in [0.25, 0.3) is 0 Å². The van der Waals surface area contributed by atoms with Crippen LogP contribution < -0.4 is 5.32 Å². The standard InChI is InChI=1S/C13H19N/c1-3-11-5-7-12(8-6-11)13(2)9-4-10-14-13/h5-8,14H,3-4,9-10H2,1-2H3. The number of hydrogen-bond acceptors (Lipinski definition) is 1. The van der Waals surface area contributed by atoms with Crippen LogP contribution in [-0.2, 0) is 12.0 Å². The van der Waals surface area contributed by atoms with Gasteiger partial charge >= 0.3 is 0 Å². The normalized spacial score (nSPS) is 26.7. The van der Waals surface area contributed by atoms with Gasteiger partial charge in [-0.05, 0) is 43.9 Å². The third-order valence-corrected chi connectivity index (χ3v) is 3.37. The van der Waals surface area contributed by atoms with Gasteiger partial charge < -0.3 is 5.32 Å². The summed E-state index contributed by atoms with van der Waals surface area (Å²) in [5, 5.41) is 3.59. The Morgan fingerprint density at radius 3 is 2.50 bits per heavy atom. The van der Waals surface area contributed by atoms with Crippen molar-refractivity contribution < 1.29 is 0 Å². The SMILES string of the molecule is CCc1ccc(C2(C)CCCN2)cc1. The number of rotatable bonds is 2. The lowest BCUT2D eigenvalue weighted by atomic mass is 9.90. The Bertz CT molecular complexity index is 294. The Morgan fingerprint density at radius 1 is 1.29 bits per heavy atom. The summed E-state index contributed by atoms with van der Waals surface area (Å²) in [6, 6.07) is 9.05. The van der Waals surface area contributed by atoms with E-state index in [2.05, 4.69) is 43.4 Å². The van der Waals surface area contributed by atoms with Crippen molar-refractivity contribution in [2.24, 2.45) is 0 Å². The molecular weight excluding hydrogens is 170 g/mol. The van der Waals surface area contributed by atoms with Crippen molar-refractivity contribution in [1.82, 2.24) is 5.32 Å². The molecule has 0 bridgehead atoms. The third-order valence-electron chi connectivity index (χ3n) is 3.37. The maximum absolute atomic E-state index is 3.59. The number of nitrogens with one attached hydrogen (secondary N) is 1. The maximum Gasteiger partial charge on any atom is 0.0406 e. The van der Waals surface area contributed by atoms with Crippen LogP contribution in [0.15, 0.2) is 24.3 Å². The Hall–Kier alpha value is -0.820. The number of aryl methyl sites for hydroxylation is 1. The van der Waals surface area contributed by atoms with E-state index in [1.54, 1.807) is 0 Å². The van der Waals surface area contributed by atoms with Gasteiger partial charge in [-0.2, -0.15) is 0 Å². The summed E-state index contributed by atoms with van der Waals surface area (Å²) >= 11 is 0. The van der Waals surface area contributed by atoms with Crippen LogP contribution in [0, 0.1) is 0 Å². The van der Waals surface area contributed by atoms with Crippen LogP contribution in [0.5, 0.6) is 0 Å². The van der Waals surface area contributed by atoms with E-state index in [0.717, 1.165) is 13.0 Å². The van der Waals surface area contributed by atoms with Crippen molar-refractivity contribution in [3.8, 4) is 0 Å². The summed E-state index contributed by atoms with van der Waals surface area (Å²) in [5.74, 6) is 0. The highest BCUT2D eigenvalue weighted by Crippen LogP contribution is 2.30.